The Kier molecular flexibility index (Phi) is 6.13. The van der Waals surface area contributed by atoms with Gasteiger partial charge in [-0.15, -0.1) is 0 Å². The van der Waals surface area contributed by atoms with E-state index >= 15 is 0 Å². The van der Waals surface area contributed by atoms with Crippen LogP contribution in [0.2, 0.25) is 0 Å². The first-order valence-corrected chi connectivity index (χ1v) is 10.0. The average Bonchev–Trinajstić information content (AvgIpc) is 3.18. The lowest BCUT2D eigenvalue weighted by Gasteiger charge is -2.06. The molecule has 1 heterocycles. The molecule has 3 aromatic rings. The van der Waals surface area contributed by atoms with Crippen molar-refractivity contribution < 1.29 is 24.1 Å². The Morgan fingerprint density at radius 3 is 2.32 bits per heavy atom. The molecule has 0 N–H and O–H groups in total. The van der Waals surface area contributed by atoms with Crippen LogP contribution in [0.3, 0.4) is 0 Å². The van der Waals surface area contributed by atoms with Crippen LogP contribution in [0.15, 0.2) is 77.4 Å². The fourth-order valence-electron chi connectivity index (χ4n) is 3.28. The second-order valence-electron chi connectivity index (χ2n) is 7.32. The molecule has 0 saturated heterocycles. The van der Waals surface area contributed by atoms with E-state index in [2.05, 4.69) is 4.99 Å². The van der Waals surface area contributed by atoms with Gasteiger partial charge in [0.2, 0.25) is 5.90 Å². The number of hydrogen-bond acceptors (Lipinski definition) is 8. The Morgan fingerprint density at radius 1 is 0.971 bits per heavy atom. The van der Waals surface area contributed by atoms with Crippen molar-refractivity contribution in [3.05, 3.63) is 115 Å². The van der Waals surface area contributed by atoms with E-state index in [1.807, 2.05) is 0 Å². The van der Waals surface area contributed by atoms with Crippen molar-refractivity contribution in [1.82, 2.24) is 0 Å². The Labute approximate surface area is 193 Å². The summed E-state index contributed by atoms with van der Waals surface area (Å²) in [5.74, 6) is -0.0641. The molecule has 0 radical (unpaired) electrons. The highest BCUT2D eigenvalue weighted by molar-refractivity contribution is 6.13. The number of carbonyl (C=O) groups is 1. The van der Waals surface area contributed by atoms with E-state index in [-0.39, 0.29) is 29.6 Å². The minimum Gasteiger partial charge on any atom is -0.489 e. The van der Waals surface area contributed by atoms with Crippen molar-refractivity contribution in [2.45, 2.75) is 13.5 Å². The molecular formula is C24H17N3O7. The molecule has 1 aliphatic rings. The molecule has 4 rings (SSSR count). The Hall–Kier alpha value is -4.86. The summed E-state index contributed by atoms with van der Waals surface area (Å²) in [6, 6.07) is 17.5. The summed E-state index contributed by atoms with van der Waals surface area (Å²) in [6.45, 7) is 1.81. The molecule has 0 aliphatic carbocycles. The van der Waals surface area contributed by atoms with Crippen LogP contribution in [-0.4, -0.2) is 21.7 Å². The molecule has 0 fully saturated rings. The number of rotatable bonds is 7. The van der Waals surface area contributed by atoms with E-state index in [0.717, 1.165) is 5.56 Å². The van der Waals surface area contributed by atoms with Gasteiger partial charge in [0.1, 0.15) is 12.4 Å². The van der Waals surface area contributed by atoms with Crippen molar-refractivity contribution in [2.75, 3.05) is 0 Å². The summed E-state index contributed by atoms with van der Waals surface area (Å²) in [5.41, 5.74) is 2.19. The summed E-state index contributed by atoms with van der Waals surface area (Å²) in [6.07, 6.45) is 1.54. The monoisotopic (exact) mass is 459 g/mol. The van der Waals surface area contributed by atoms with Gasteiger partial charge < -0.3 is 9.47 Å². The zero-order chi connectivity index (χ0) is 24.2. The molecule has 0 unspecified atom stereocenters. The predicted molar refractivity (Wildman–Crippen MR) is 122 cm³/mol. The summed E-state index contributed by atoms with van der Waals surface area (Å²) in [7, 11) is 0. The lowest BCUT2D eigenvalue weighted by Crippen LogP contribution is -2.08. The van der Waals surface area contributed by atoms with Crippen molar-refractivity contribution in [1.29, 1.82) is 0 Å². The smallest absolute Gasteiger partial charge is 0.363 e. The molecule has 170 valence electrons. The van der Waals surface area contributed by atoms with Crippen molar-refractivity contribution in [3.8, 4) is 5.75 Å². The summed E-state index contributed by atoms with van der Waals surface area (Å²) >= 11 is 0. The zero-order valence-electron chi connectivity index (χ0n) is 17.8. The maximum atomic E-state index is 12.3. The fourth-order valence-corrected chi connectivity index (χ4v) is 3.28. The van der Waals surface area contributed by atoms with Gasteiger partial charge in [-0.25, -0.2) is 9.79 Å². The summed E-state index contributed by atoms with van der Waals surface area (Å²) in [5, 5.41) is 21.9. The molecule has 34 heavy (non-hydrogen) atoms. The standard InChI is InChI=1S/C24H17N3O7/c1-15-20(3-2-4-22(15)27(31)32)23-25-21(24(28)34-23)13-16-7-11-19(12-8-16)33-14-17-5-9-18(10-6-17)26(29)30/h2-13H,14H2,1H3/b21-13-. The molecule has 3 aromatic carbocycles. The number of esters is 1. The predicted octanol–water partition coefficient (Wildman–Crippen LogP) is 4.73. The molecular weight excluding hydrogens is 442 g/mol. The van der Waals surface area contributed by atoms with E-state index < -0.39 is 15.8 Å². The first kappa shape index (κ1) is 22.3. The van der Waals surface area contributed by atoms with Gasteiger partial charge in [0, 0.05) is 29.3 Å². The minimum atomic E-state index is -0.653. The normalized spacial score (nSPS) is 14.0. The number of nitro benzene ring substituents is 2. The van der Waals surface area contributed by atoms with Crippen LogP contribution in [0.5, 0.6) is 5.75 Å². The third-order valence-corrected chi connectivity index (χ3v) is 5.09. The molecule has 0 amide bonds. The third-order valence-electron chi connectivity index (χ3n) is 5.09. The van der Waals surface area contributed by atoms with Crippen LogP contribution < -0.4 is 4.74 Å². The van der Waals surface area contributed by atoms with Gasteiger partial charge in [0.05, 0.1) is 9.85 Å². The number of nitrogens with zero attached hydrogens (tertiary/aromatic N) is 3. The van der Waals surface area contributed by atoms with Gasteiger partial charge >= 0.3 is 5.97 Å². The number of benzene rings is 3. The van der Waals surface area contributed by atoms with Crippen LogP contribution >= 0.6 is 0 Å². The summed E-state index contributed by atoms with van der Waals surface area (Å²) < 4.78 is 10.9. The van der Waals surface area contributed by atoms with Gasteiger partial charge in [-0.05, 0) is 54.5 Å². The maximum Gasteiger partial charge on any atom is 0.363 e. The van der Waals surface area contributed by atoms with Crippen LogP contribution in [-0.2, 0) is 16.1 Å². The van der Waals surface area contributed by atoms with Crippen LogP contribution in [0.4, 0.5) is 11.4 Å². The lowest BCUT2D eigenvalue weighted by molar-refractivity contribution is -0.385. The van der Waals surface area contributed by atoms with Crippen molar-refractivity contribution in [3.63, 3.8) is 0 Å². The molecule has 0 atom stereocenters. The van der Waals surface area contributed by atoms with E-state index in [4.69, 9.17) is 9.47 Å². The first-order chi connectivity index (χ1) is 16.3. The quantitative estimate of drug-likeness (QED) is 0.216. The van der Waals surface area contributed by atoms with Gasteiger partial charge in [-0.2, -0.15) is 0 Å². The number of cyclic esters (lactones) is 1. The Balaban J connectivity index is 1.46. The summed E-state index contributed by atoms with van der Waals surface area (Å²) in [4.78, 5) is 37.4. The van der Waals surface area contributed by atoms with E-state index in [1.54, 1.807) is 55.5 Å². The van der Waals surface area contributed by atoms with E-state index in [9.17, 15) is 25.0 Å². The lowest BCUT2D eigenvalue weighted by atomic mass is 10.1. The van der Waals surface area contributed by atoms with Gasteiger partial charge in [-0.1, -0.05) is 18.2 Å². The highest BCUT2D eigenvalue weighted by atomic mass is 16.6. The van der Waals surface area contributed by atoms with Crippen LogP contribution in [0.25, 0.3) is 6.08 Å². The van der Waals surface area contributed by atoms with Gasteiger partial charge in [0.25, 0.3) is 11.4 Å². The average molecular weight is 459 g/mol. The SMILES string of the molecule is Cc1c(C2=N/C(=C\c3ccc(OCc4ccc([N+](=O)[O-])cc4)cc3)C(=O)O2)cccc1[N+](=O)[O-]. The topological polar surface area (TPSA) is 134 Å². The van der Waals surface area contributed by atoms with E-state index in [0.29, 0.717) is 22.4 Å². The zero-order valence-corrected chi connectivity index (χ0v) is 17.8. The van der Waals surface area contributed by atoms with Crippen molar-refractivity contribution >= 4 is 29.3 Å². The number of aliphatic imine (C=N–C) groups is 1. The molecule has 1 aliphatic heterocycles. The number of ether oxygens (including phenoxy) is 2. The highest BCUT2D eigenvalue weighted by Crippen LogP contribution is 2.26. The number of non-ortho nitro benzene ring substituents is 1. The van der Waals surface area contributed by atoms with Gasteiger partial charge in [0.15, 0.2) is 5.70 Å². The second kappa shape index (κ2) is 9.33. The molecule has 10 nitrogen and oxygen atoms in total. The number of nitro groups is 2. The minimum absolute atomic E-state index is 0.0121. The molecule has 0 aromatic heterocycles. The van der Waals surface area contributed by atoms with E-state index in [1.165, 1.54) is 24.3 Å². The fraction of sp³-hybridized carbons (Fsp3) is 0.0833. The van der Waals surface area contributed by atoms with Gasteiger partial charge in [-0.3, -0.25) is 20.2 Å². The second-order valence-corrected chi connectivity index (χ2v) is 7.32. The Morgan fingerprint density at radius 2 is 1.68 bits per heavy atom. The van der Waals surface area contributed by atoms with Crippen LogP contribution in [0, 0.1) is 27.2 Å². The van der Waals surface area contributed by atoms with Crippen molar-refractivity contribution in [2.24, 2.45) is 4.99 Å². The van der Waals surface area contributed by atoms with Crippen LogP contribution in [0.1, 0.15) is 22.3 Å². The number of carbonyl (C=O) groups excluding carboxylic acids is 1. The largest absolute Gasteiger partial charge is 0.489 e. The Bertz CT molecular complexity index is 1340. The molecule has 0 bridgehead atoms. The highest BCUT2D eigenvalue weighted by Gasteiger charge is 2.27. The first-order valence-electron chi connectivity index (χ1n) is 10.0. The maximum absolute atomic E-state index is 12.3. The molecule has 10 heteroatoms. The third kappa shape index (κ3) is 4.80. The number of hydrogen-bond donors (Lipinski definition) is 0. The molecule has 0 saturated carbocycles. The molecule has 0 spiro atoms.